The fraction of sp³-hybridized carbons (Fsp3) is 0.375. The molecule has 2 fully saturated rings. The zero-order valence-corrected chi connectivity index (χ0v) is 19.9. The van der Waals surface area contributed by atoms with Gasteiger partial charge in [0, 0.05) is 50.5 Å². The Morgan fingerprint density at radius 2 is 1.94 bits per heavy atom. The predicted molar refractivity (Wildman–Crippen MR) is 133 cm³/mol. The molecule has 7 nitrogen and oxygen atoms in total. The van der Waals surface area contributed by atoms with E-state index in [0.29, 0.717) is 5.02 Å². The molecule has 0 bridgehead atoms. The summed E-state index contributed by atoms with van der Waals surface area (Å²) in [6.45, 7) is 5.51. The molecule has 2 aliphatic heterocycles. The first-order valence-electron chi connectivity index (χ1n) is 11.3. The molecule has 1 N–H and O–H groups in total. The topological polar surface area (TPSA) is 58.5 Å². The van der Waals surface area contributed by atoms with Gasteiger partial charge in [-0.2, -0.15) is 0 Å². The Hall–Kier alpha value is -2.52. The largest absolute Gasteiger partial charge is 0.379 e. The highest BCUT2D eigenvalue weighted by Gasteiger charge is 2.41. The van der Waals surface area contributed by atoms with Crippen LogP contribution in [0.4, 0.5) is 0 Å². The Kier molecular flexibility index (Phi) is 6.87. The van der Waals surface area contributed by atoms with Gasteiger partial charge in [0.05, 0.1) is 36.0 Å². The molecule has 0 spiro atoms. The van der Waals surface area contributed by atoms with Gasteiger partial charge < -0.3 is 19.5 Å². The van der Waals surface area contributed by atoms with Crippen molar-refractivity contribution >= 4 is 28.9 Å². The fourth-order valence-electron chi connectivity index (χ4n) is 4.61. The van der Waals surface area contributed by atoms with Gasteiger partial charge in [0.1, 0.15) is 5.82 Å². The molecule has 0 saturated carbocycles. The summed E-state index contributed by atoms with van der Waals surface area (Å²) in [7, 11) is 0. The molecule has 0 aromatic carbocycles. The van der Waals surface area contributed by atoms with Crippen molar-refractivity contribution in [3.63, 3.8) is 0 Å². The maximum Gasteiger partial charge on any atom is 0.170 e. The maximum absolute atomic E-state index is 6.08. The third-order valence-electron chi connectivity index (χ3n) is 6.22. The summed E-state index contributed by atoms with van der Waals surface area (Å²) < 4.78 is 7.59. The fourth-order valence-corrected chi connectivity index (χ4v) is 5.06. The lowest BCUT2D eigenvalue weighted by Crippen LogP contribution is -2.39. The van der Waals surface area contributed by atoms with Crippen LogP contribution in [0, 0.1) is 0 Å². The molecular formula is C24H27ClN6OS. The second-order valence-electron chi connectivity index (χ2n) is 8.27. The molecule has 0 amide bonds. The molecule has 3 aromatic heterocycles. The molecule has 0 aliphatic carbocycles. The SMILES string of the molecule is S=C1N[C@@H](c2ccccn2)[C@@H](c2cccn2-c2ccc(Cl)cn2)N1CCCN1CCOCC1. The number of thiocarbonyl (C=S) groups is 1. The summed E-state index contributed by atoms with van der Waals surface area (Å²) in [6, 6.07) is 13.9. The van der Waals surface area contributed by atoms with Crippen LogP contribution in [-0.4, -0.2) is 68.8 Å². The first kappa shape index (κ1) is 22.3. The number of hydrogen-bond donors (Lipinski definition) is 1. The van der Waals surface area contributed by atoms with Crippen molar-refractivity contribution in [1.29, 1.82) is 0 Å². The van der Waals surface area contributed by atoms with Crippen molar-refractivity contribution in [3.8, 4) is 5.82 Å². The number of nitrogens with one attached hydrogen (secondary N) is 1. The van der Waals surface area contributed by atoms with Gasteiger partial charge in [0.2, 0.25) is 0 Å². The number of halogens is 1. The van der Waals surface area contributed by atoms with Crippen LogP contribution in [0.3, 0.4) is 0 Å². The van der Waals surface area contributed by atoms with E-state index in [-0.39, 0.29) is 12.1 Å². The summed E-state index contributed by atoms with van der Waals surface area (Å²) in [6.07, 6.45) is 6.56. The summed E-state index contributed by atoms with van der Waals surface area (Å²) in [5.41, 5.74) is 2.08. The number of nitrogens with zero attached hydrogens (tertiary/aromatic N) is 5. The van der Waals surface area contributed by atoms with Crippen molar-refractivity contribution < 1.29 is 4.74 Å². The average molecular weight is 483 g/mol. The highest BCUT2D eigenvalue weighted by atomic mass is 35.5. The normalized spacial score (nSPS) is 21.4. The predicted octanol–water partition coefficient (Wildman–Crippen LogP) is 3.62. The molecular weight excluding hydrogens is 456 g/mol. The zero-order chi connectivity index (χ0) is 22.6. The van der Waals surface area contributed by atoms with E-state index in [4.69, 9.17) is 28.6 Å². The lowest BCUT2D eigenvalue weighted by molar-refractivity contribution is 0.0365. The molecule has 5 rings (SSSR count). The van der Waals surface area contributed by atoms with Crippen molar-refractivity contribution in [1.82, 2.24) is 29.7 Å². The molecule has 0 unspecified atom stereocenters. The molecule has 2 atom stereocenters. The van der Waals surface area contributed by atoms with Gasteiger partial charge in [-0.15, -0.1) is 0 Å². The molecule has 2 saturated heterocycles. The molecule has 5 heterocycles. The van der Waals surface area contributed by atoms with E-state index in [9.17, 15) is 0 Å². The van der Waals surface area contributed by atoms with Crippen LogP contribution in [0.1, 0.15) is 29.9 Å². The van der Waals surface area contributed by atoms with Gasteiger partial charge in [-0.25, -0.2) is 4.98 Å². The third kappa shape index (κ3) is 4.89. The van der Waals surface area contributed by atoms with Gasteiger partial charge in [-0.3, -0.25) is 9.88 Å². The van der Waals surface area contributed by atoms with Crippen LogP contribution in [0.15, 0.2) is 61.1 Å². The number of hydrogen-bond acceptors (Lipinski definition) is 5. The van der Waals surface area contributed by atoms with Crippen LogP contribution in [0.25, 0.3) is 5.82 Å². The number of aromatic nitrogens is 3. The number of rotatable bonds is 7. The van der Waals surface area contributed by atoms with Gasteiger partial charge in [0.15, 0.2) is 5.11 Å². The highest BCUT2D eigenvalue weighted by Crippen LogP contribution is 2.39. The lowest BCUT2D eigenvalue weighted by Gasteiger charge is -2.30. The molecule has 0 radical (unpaired) electrons. The standard InChI is InChI=1S/C24H27ClN6OS/c25-18-7-8-21(27-17-18)30-11-3-6-20(30)23-22(19-5-1-2-9-26-19)28-24(33)31(23)12-4-10-29-13-15-32-16-14-29/h1-3,5-9,11,17,22-23H,4,10,12-16H2,(H,28,33)/t22-,23+/m0/s1. The Balaban J connectivity index is 1.44. The van der Waals surface area contributed by atoms with Crippen molar-refractivity contribution in [2.24, 2.45) is 0 Å². The lowest BCUT2D eigenvalue weighted by atomic mass is 10.0. The summed E-state index contributed by atoms with van der Waals surface area (Å²) in [5, 5.41) is 4.92. The smallest absolute Gasteiger partial charge is 0.170 e. The van der Waals surface area contributed by atoms with Crippen LogP contribution >= 0.6 is 23.8 Å². The molecule has 9 heteroatoms. The Labute approximate surface area is 204 Å². The van der Waals surface area contributed by atoms with Crippen LogP contribution in [0.2, 0.25) is 5.02 Å². The van der Waals surface area contributed by atoms with Crippen molar-refractivity contribution in [3.05, 3.63) is 77.5 Å². The second-order valence-corrected chi connectivity index (χ2v) is 9.09. The van der Waals surface area contributed by atoms with E-state index in [1.807, 2.05) is 42.7 Å². The number of ether oxygens (including phenoxy) is 1. The Morgan fingerprint density at radius 1 is 1.06 bits per heavy atom. The molecule has 172 valence electrons. The van der Waals surface area contributed by atoms with Gasteiger partial charge in [0.25, 0.3) is 0 Å². The monoisotopic (exact) mass is 482 g/mol. The summed E-state index contributed by atoms with van der Waals surface area (Å²) in [4.78, 5) is 13.9. The van der Waals surface area contributed by atoms with Crippen molar-refractivity contribution in [2.45, 2.75) is 18.5 Å². The maximum atomic E-state index is 6.08. The Morgan fingerprint density at radius 3 is 2.70 bits per heavy atom. The first-order chi connectivity index (χ1) is 16.2. The quantitative estimate of drug-likeness (QED) is 0.516. The van der Waals surface area contributed by atoms with Crippen LogP contribution in [-0.2, 0) is 4.74 Å². The second kappa shape index (κ2) is 10.2. The first-order valence-corrected chi connectivity index (χ1v) is 12.1. The van der Waals surface area contributed by atoms with E-state index in [0.717, 1.165) is 68.1 Å². The number of morpholine rings is 1. The summed E-state index contributed by atoms with van der Waals surface area (Å²) >= 11 is 11.9. The molecule has 3 aromatic rings. The van der Waals surface area contributed by atoms with Gasteiger partial charge >= 0.3 is 0 Å². The van der Waals surface area contributed by atoms with Gasteiger partial charge in [-0.1, -0.05) is 17.7 Å². The van der Waals surface area contributed by atoms with Crippen LogP contribution in [0.5, 0.6) is 0 Å². The molecule has 33 heavy (non-hydrogen) atoms. The van der Waals surface area contributed by atoms with Gasteiger partial charge in [-0.05, 0) is 55.0 Å². The average Bonchev–Trinajstić information content (AvgIpc) is 3.45. The molecule has 2 aliphatic rings. The van der Waals surface area contributed by atoms with E-state index in [2.05, 4.69) is 41.8 Å². The minimum Gasteiger partial charge on any atom is -0.379 e. The minimum absolute atomic E-state index is 0.00966. The van der Waals surface area contributed by atoms with E-state index >= 15 is 0 Å². The van der Waals surface area contributed by atoms with E-state index < -0.39 is 0 Å². The number of pyridine rings is 2. The zero-order valence-electron chi connectivity index (χ0n) is 18.3. The highest BCUT2D eigenvalue weighted by molar-refractivity contribution is 7.80. The summed E-state index contributed by atoms with van der Waals surface area (Å²) in [5.74, 6) is 0.824. The van der Waals surface area contributed by atoms with E-state index in [1.165, 1.54) is 0 Å². The van der Waals surface area contributed by atoms with E-state index in [1.54, 1.807) is 6.20 Å². The minimum atomic E-state index is -0.0527. The third-order valence-corrected chi connectivity index (χ3v) is 6.79. The van der Waals surface area contributed by atoms with Crippen LogP contribution < -0.4 is 5.32 Å². The Bertz CT molecular complexity index is 1070. The van der Waals surface area contributed by atoms with Crippen molar-refractivity contribution in [2.75, 3.05) is 39.4 Å².